The molecule has 0 fully saturated rings. The molecule has 178 valence electrons. The summed E-state index contributed by atoms with van der Waals surface area (Å²) in [5.74, 6) is -0.170. The SMILES string of the molecule is C=Cc1c[c-]c2c(c1)-c1cc(C=C)ccc1C2.Cc1c[cH-]c(C)c1.Fc1ccc([CH]=[Zr+2])cc1.[Cl-].[Cl-]. The van der Waals surface area contributed by atoms with Gasteiger partial charge >= 0.3 is 68.0 Å². The van der Waals surface area contributed by atoms with E-state index in [1.807, 2.05) is 21.9 Å². The van der Waals surface area contributed by atoms with Crippen molar-refractivity contribution in [2.75, 3.05) is 0 Å². The van der Waals surface area contributed by atoms with Gasteiger partial charge in [0.05, 0.1) is 0 Å². The van der Waals surface area contributed by atoms with Gasteiger partial charge in [0.1, 0.15) is 0 Å². The van der Waals surface area contributed by atoms with Crippen molar-refractivity contribution in [2.24, 2.45) is 0 Å². The first-order valence-electron chi connectivity index (χ1n) is 10.8. The minimum Gasteiger partial charge on any atom is -1.00 e. The molecule has 0 aliphatic heterocycles. The van der Waals surface area contributed by atoms with Crippen LogP contribution in [0.1, 0.15) is 38.9 Å². The van der Waals surface area contributed by atoms with E-state index >= 15 is 0 Å². The summed E-state index contributed by atoms with van der Waals surface area (Å²) in [6.45, 7) is 11.8. The summed E-state index contributed by atoms with van der Waals surface area (Å²) < 4.78 is 14.2. The van der Waals surface area contributed by atoms with Crippen molar-refractivity contribution in [3.8, 4) is 11.1 Å². The van der Waals surface area contributed by atoms with Gasteiger partial charge in [-0.1, -0.05) is 55.8 Å². The predicted octanol–water partition coefficient (Wildman–Crippen LogP) is 1.90. The van der Waals surface area contributed by atoms with Crippen molar-refractivity contribution in [1.29, 1.82) is 0 Å². The van der Waals surface area contributed by atoms with Crippen molar-refractivity contribution < 1.29 is 53.4 Å². The molecule has 0 unspecified atom stereocenters. The smallest absolute Gasteiger partial charge is 1.00 e. The molecule has 4 heteroatoms. The molecule has 0 amide bonds. The van der Waals surface area contributed by atoms with Crippen molar-refractivity contribution >= 4 is 15.9 Å². The zero-order valence-corrected chi connectivity index (χ0v) is 23.9. The van der Waals surface area contributed by atoms with Crippen LogP contribution < -0.4 is 24.8 Å². The molecular weight excluding hydrogens is 553 g/mol. The second-order valence-electron chi connectivity index (χ2n) is 7.99. The number of benzene rings is 3. The standard InChI is InChI=1S/C17H13.C7H5F.C7H9.2ClH.Zr/c1-3-12-5-7-14-11-15-8-6-13(4-2)10-17(15)16(14)9-12;1-6-2-4-7(8)5-3-6;1-6-3-4-7(2)5-6;;;/h3-7,9-10H,1-2,11H2;1-5H;3-5H,1-2H3;2*1H;/q-1;;-1;;;+2/p-2. The van der Waals surface area contributed by atoms with E-state index in [9.17, 15) is 4.39 Å². The Hall–Kier alpha value is -2.25. The second-order valence-corrected chi connectivity index (χ2v) is 8.70. The summed E-state index contributed by atoms with van der Waals surface area (Å²) in [6.07, 6.45) is 4.74. The number of rotatable bonds is 3. The molecule has 0 N–H and O–H groups in total. The third-order valence-electron chi connectivity index (χ3n) is 5.41. The van der Waals surface area contributed by atoms with Crippen LogP contribution in [0.25, 0.3) is 23.3 Å². The number of halogens is 3. The van der Waals surface area contributed by atoms with Gasteiger partial charge in [-0.15, -0.1) is 23.8 Å². The summed E-state index contributed by atoms with van der Waals surface area (Å²) in [7, 11) is 0. The number of hydrogen-bond donors (Lipinski definition) is 0. The minimum absolute atomic E-state index is 0. The molecule has 4 aromatic rings. The van der Waals surface area contributed by atoms with Crippen LogP contribution in [-0.4, -0.2) is 3.71 Å². The van der Waals surface area contributed by atoms with Crippen molar-refractivity contribution in [3.05, 3.63) is 137 Å². The van der Waals surface area contributed by atoms with Crippen LogP contribution in [0.15, 0.2) is 86.0 Å². The fourth-order valence-electron chi connectivity index (χ4n) is 3.64. The fourth-order valence-corrected chi connectivity index (χ4v) is 4.11. The van der Waals surface area contributed by atoms with Gasteiger partial charge < -0.3 is 24.8 Å². The third kappa shape index (κ3) is 8.73. The van der Waals surface area contributed by atoms with E-state index in [1.54, 1.807) is 12.1 Å². The zero-order valence-electron chi connectivity index (χ0n) is 19.9. The third-order valence-corrected chi connectivity index (χ3v) is 6.23. The van der Waals surface area contributed by atoms with Crippen LogP contribution in [0.3, 0.4) is 0 Å². The van der Waals surface area contributed by atoms with Crippen LogP contribution in [0.4, 0.5) is 4.39 Å². The second kappa shape index (κ2) is 15.0. The molecule has 0 heterocycles. The van der Waals surface area contributed by atoms with Crippen LogP contribution in [0.5, 0.6) is 0 Å². The van der Waals surface area contributed by atoms with E-state index in [-0.39, 0.29) is 30.6 Å². The quantitative estimate of drug-likeness (QED) is 0.286. The molecule has 4 aromatic carbocycles. The minimum atomic E-state index is -0.170. The average molecular weight is 581 g/mol. The van der Waals surface area contributed by atoms with Crippen LogP contribution >= 0.6 is 0 Å². The Bertz CT molecular complexity index is 1200. The Labute approximate surface area is 236 Å². The molecule has 1 aliphatic rings. The summed E-state index contributed by atoms with van der Waals surface area (Å²) in [4.78, 5) is 0. The predicted molar refractivity (Wildman–Crippen MR) is 137 cm³/mol. The maximum absolute atomic E-state index is 12.2. The monoisotopic (exact) mass is 578 g/mol. The molecule has 0 bridgehead atoms. The Kier molecular flexibility index (Phi) is 13.2. The molecule has 0 spiro atoms. The van der Waals surface area contributed by atoms with Gasteiger partial charge in [0.15, 0.2) is 0 Å². The number of aryl methyl sites for hydroxylation is 2. The first kappa shape index (κ1) is 30.8. The fraction of sp³-hybridized carbons (Fsp3) is 0.0968. The molecule has 0 atom stereocenters. The Morgan fingerprint density at radius 3 is 2.03 bits per heavy atom. The first-order valence-corrected chi connectivity index (χ1v) is 12.2. The molecule has 0 radical (unpaired) electrons. The van der Waals surface area contributed by atoms with Gasteiger partial charge in [-0.05, 0) is 12.0 Å². The van der Waals surface area contributed by atoms with Gasteiger partial charge in [0.2, 0.25) is 0 Å². The van der Waals surface area contributed by atoms with E-state index in [1.165, 1.54) is 75.3 Å². The van der Waals surface area contributed by atoms with E-state index in [0.717, 1.165) is 17.5 Å². The molecule has 0 saturated heterocycles. The summed E-state index contributed by atoms with van der Waals surface area (Å²) in [5.41, 5.74) is 11.4. The summed E-state index contributed by atoms with van der Waals surface area (Å²) in [5, 5.41) is 0. The van der Waals surface area contributed by atoms with Gasteiger partial charge in [0, 0.05) is 0 Å². The zero-order chi connectivity index (χ0) is 23.8. The van der Waals surface area contributed by atoms with E-state index in [0.29, 0.717) is 0 Å². The normalized spacial score (nSPS) is 9.97. The van der Waals surface area contributed by atoms with Crippen LogP contribution in [0.2, 0.25) is 0 Å². The van der Waals surface area contributed by atoms with E-state index in [2.05, 4.69) is 75.5 Å². The maximum Gasteiger partial charge on any atom is -1.00 e. The van der Waals surface area contributed by atoms with Gasteiger partial charge in [-0.25, -0.2) is 11.6 Å². The first-order chi connectivity index (χ1) is 15.9. The van der Waals surface area contributed by atoms with Crippen LogP contribution in [0, 0.1) is 25.7 Å². The van der Waals surface area contributed by atoms with Crippen LogP contribution in [-0.2, 0) is 30.7 Å². The van der Waals surface area contributed by atoms with Gasteiger partial charge in [-0.2, -0.15) is 41.5 Å². The van der Waals surface area contributed by atoms with Gasteiger partial charge in [0.25, 0.3) is 0 Å². The van der Waals surface area contributed by atoms with E-state index < -0.39 is 0 Å². The Morgan fingerprint density at radius 1 is 0.886 bits per heavy atom. The van der Waals surface area contributed by atoms with Gasteiger partial charge in [-0.3, -0.25) is 0 Å². The van der Waals surface area contributed by atoms with Crippen molar-refractivity contribution in [1.82, 2.24) is 0 Å². The maximum atomic E-state index is 12.2. The molecule has 0 aromatic heterocycles. The van der Waals surface area contributed by atoms with Crippen molar-refractivity contribution in [3.63, 3.8) is 0 Å². The van der Waals surface area contributed by atoms with E-state index in [4.69, 9.17) is 0 Å². The molecule has 0 saturated carbocycles. The Balaban J connectivity index is 0.000000289. The number of hydrogen-bond acceptors (Lipinski definition) is 0. The molecule has 0 nitrogen and oxygen atoms in total. The Morgan fingerprint density at radius 2 is 1.51 bits per heavy atom. The largest absolute Gasteiger partial charge is 1.00 e. The number of fused-ring (bicyclic) bond motifs is 3. The molecule has 5 rings (SSSR count). The molecule has 1 aliphatic carbocycles. The summed E-state index contributed by atoms with van der Waals surface area (Å²) >= 11 is 1.34. The topological polar surface area (TPSA) is 0 Å². The van der Waals surface area contributed by atoms with Crippen molar-refractivity contribution in [2.45, 2.75) is 20.3 Å². The molecule has 35 heavy (non-hydrogen) atoms. The average Bonchev–Trinajstić information content (AvgIpc) is 3.40. The summed E-state index contributed by atoms with van der Waals surface area (Å²) in [6, 6.07) is 26.9. The molecular formula is C31H27Cl2FZr-2.